The van der Waals surface area contributed by atoms with Crippen molar-refractivity contribution in [3.8, 4) is 0 Å². The first-order chi connectivity index (χ1) is 9.28. The summed E-state index contributed by atoms with van der Waals surface area (Å²) in [7, 11) is 0. The molecule has 1 atom stereocenters. The van der Waals surface area contributed by atoms with Crippen molar-refractivity contribution in [1.29, 1.82) is 0 Å². The van der Waals surface area contributed by atoms with Gasteiger partial charge in [-0.2, -0.15) is 0 Å². The lowest BCUT2D eigenvalue weighted by molar-refractivity contribution is -0.146. The van der Waals surface area contributed by atoms with E-state index in [-0.39, 0.29) is 17.5 Å². The van der Waals surface area contributed by atoms with Crippen LogP contribution in [0.2, 0.25) is 0 Å². The van der Waals surface area contributed by atoms with Crippen LogP contribution in [0.5, 0.6) is 0 Å². The maximum Gasteiger partial charge on any atom is 0.331 e. The van der Waals surface area contributed by atoms with Crippen molar-refractivity contribution in [1.82, 2.24) is 0 Å². The maximum atomic E-state index is 11.9. The second-order valence-electron chi connectivity index (χ2n) is 6.73. The van der Waals surface area contributed by atoms with Crippen LogP contribution in [-0.2, 0) is 9.53 Å². The zero-order chi connectivity index (χ0) is 15.2. The van der Waals surface area contributed by atoms with E-state index < -0.39 is 0 Å². The predicted octanol–water partition coefficient (Wildman–Crippen LogP) is 4.70. The Balaban J connectivity index is 2.61. The largest absolute Gasteiger partial charge is 0.459 e. The summed E-state index contributed by atoms with van der Waals surface area (Å²) < 4.78 is 5.58. The van der Waals surface area contributed by atoms with Crippen molar-refractivity contribution in [3.05, 3.63) is 42.0 Å². The molecule has 0 N–H and O–H groups in total. The molecule has 110 valence electrons. The van der Waals surface area contributed by atoms with E-state index in [1.54, 1.807) is 6.08 Å². The number of carbonyl (C=O) groups excluding carboxylic acids is 1. The van der Waals surface area contributed by atoms with Crippen LogP contribution < -0.4 is 0 Å². The van der Waals surface area contributed by atoms with Gasteiger partial charge in [-0.05, 0) is 29.4 Å². The van der Waals surface area contributed by atoms with Crippen LogP contribution >= 0.6 is 0 Å². The molecule has 0 aliphatic carbocycles. The Labute approximate surface area is 122 Å². The summed E-state index contributed by atoms with van der Waals surface area (Å²) in [6.07, 6.45) is 4.13. The van der Waals surface area contributed by atoms with Crippen molar-refractivity contribution in [2.24, 2.45) is 11.3 Å². The van der Waals surface area contributed by atoms with E-state index in [9.17, 15) is 4.79 Å². The van der Waals surface area contributed by atoms with Crippen molar-refractivity contribution in [2.45, 2.75) is 47.1 Å². The molecule has 2 heteroatoms. The first-order valence-corrected chi connectivity index (χ1v) is 7.22. The minimum absolute atomic E-state index is 0.0390. The lowest BCUT2D eigenvalue weighted by Gasteiger charge is -2.28. The summed E-state index contributed by atoms with van der Waals surface area (Å²) in [4.78, 5) is 11.9. The van der Waals surface area contributed by atoms with E-state index in [1.807, 2.05) is 30.3 Å². The fraction of sp³-hybridized carbons (Fsp3) is 0.500. The second-order valence-corrected chi connectivity index (χ2v) is 6.73. The summed E-state index contributed by atoms with van der Waals surface area (Å²) in [5.41, 5.74) is 1.15. The molecule has 0 amide bonds. The number of carbonyl (C=O) groups is 1. The standard InChI is InChI=1S/C18H26O2/c1-14(2)16(13-18(3,4)5)20-17(19)12-11-15-9-7-6-8-10-15/h6-12,14,16H,13H2,1-5H3/b12-11+. The lowest BCUT2D eigenvalue weighted by Crippen LogP contribution is -2.27. The Morgan fingerprint density at radius 2 is 1.80 bits per heavy atom. The summed E-state index contributed by atoms with van der Waals surface area (Å²) in [5, 5.41) is 0. The van der Waals surface area contributed by atoms with Crippen molar-refractivity contribution in [3.63, 3.8) is 0 Å². The van der Waals surface area contributed by atoms with Crippen LogP contribution in [-0.4, -0.2) is 12.1 Å². The number of hydrogen-bond acceptors (Lipinski definition) is 2. The summed E-state index contributed by atoms with van der Waals surface area (Å²) in [5.74, 6) is 0.0557. The molecule has 0 radical (unpaired) electrons. The Morgan fingerprint density at radius 1 is 1.20 bits per heavy atom. The molecule has 20 heavy (non-hydrogen) atoms. The van der Waals surface area contributed by atoms with E-state index in [2.05, 4.69) is 34.6 Å². The molecule has 2 nitrogen and oxygen atoms in total. The minimum atomic E-state index is -0.267. The predicted molar refractivity (Wildman–Crippen MR) is 84.3 cm³/mol. The molecule has 1 rings (SSSR count). The average Bonchev–Trinajstić information content (AvgIpc) is 2.35. The third kappa shape index (κ3) is 6.55. The Bertz CT molecular complexity index is 438. The van der Waals surface area contributed by atoms with Gasteiger partial charge in [-0.15, -0.1) is 0 Å². The van der Waals surface area contributed by atoms with Gasteiger partial charge >= 0.3 is 5.97 Å². The van der Waals surface area contributed by atoms with E-state index in [0.717, 1.165) is 12.0 Å². The third-order valence-electron chi connectivity index (χ3n) is 3.04. The van der Waals surface area contributed by atoms with Crippen LogP contribution in [0.3, 0.4) is 0 Å². The molecular formula is C18H26O2. The lowest BCUT2D eigenvalue weighted by atomic mass is 9.85. The van der Waals surface area contributed by atoms with Crippen LogP contribution in [0.15, 0.2) is 36.4 Å². The molecule has 0 bridgehead atoms. The normalized spacial score (nSPS) is 13.7. The molecule has 0 spiro atoms. The van der Waals surface area contributed by atoms with E-state index >= 15 is 0 Å². The summed E-state index contributed by atoms with van der Waals surface area (Å²) in [6, 6.07) is 9.76. The smallest absolute Gasteiger partial charge is 0.331 e. The summed E-state index contributed by atoms with van der Waals surface area (Å²) >= 11 is 0. The van der Waals surface area contributed by atoms with Crippen molar-refractivity contribution < 1.29 is 9.53 Å². The number of ether oxygens (including phenoxy) is 1. The van der Waals surface area contributed by atoms with E-state index in [1.165, 1.54) is 6.08 Å². The zero-order valence-electron chi connectivity index (χ0n) is 13.2. The number of esters is 1. The first kappa shape index (κ1) is 16.5. The quantitative estimate of drug-likeness (QED) is 0.574. The van der Waals surface area contributed by atoms with Crippen LogP contribution in [0.25, 0.3) is 6.08 Å². The molecule has 1 aromatic rings. The van der Waals surface area contributed by atoms with Gasteiger partial charge in [0, 0.05) is 6.08 Å². The van der Waals surface area contributed by atoms with Crippen LogP contribution in [0.4, 0.5) is 0 Å². The molecule has 0 aliphatic heterocycles. The highest BCUT2D eigenvalue weighted by Crippen LogP contribution is 2.26. The number of hydrogen-bond donors (Lipinski definition) is 0. The van der Waals surface area contributed by atoms with Gasteiger partial charge in [-0.1, -0.05) is 65.0 Å². The fourth-order valence-corrected chi connectivity index (χ4v) is 1.93. The van der Waals surface area contributed by atoms with Crippen LogP contribution in [0.1, 0.15) is 46.6 Å². The van der Waals surface area contributed by atoms with Crippen molar-refractivity contribution >= 4 is 12.0 Å². The van der Waals surface area contributed by atoms with Gasteiger partial charge in [-0.3, -0.25) is 0 Å². The van der Waals surface area contributed by atoms with Crippen molar-refractivity contribution in [2.75, 3.05) is 0 Å². The molecule has 0 aromatic heterocycles. The molecule has 1 aromatic carbocycles. The maximum absolute atomic E-state index is 11.9. The molecule has 1 unspecified atom stereocenters. The van der Waals surface area contributed by atoms with Gasteiger partial charge in [0.2, 0.25) is 0 Å². The Morgan fingerprint density at radius 3 is 2.30 bits per heavy atom. The minimum Gasteiger partial charge on any atom is -0.459 e. The molecule has 0 aliphatic rings. The molecule has 0 saturated heterocycles. The van der Waals surface area contributed by atoms with Gasteiger partial charge in [0.15, 0.2) is 0 Å². The highest BCUT2D eigenvalue weighted by Gasteiger charge is 2.24. The summed E-state index contributed by atoms with van der Waals surface area (Å²) in [6.45, 7) is 10.7. The monoisotopic (exact) mass is 274 g/mol. The first-order valence-electron chi connectivity index (χ1n) is 7.22. The van der Waals surface area contributed by atoms with Gasteiger partial charge in [0.1, 0.15) is 6.10 Å². The van der Waals surface area contributed by atoms with Gasteiger partial charge in [0.05, 0.1) is 0 Å². The van der Waals surface area contributed by atoms with Gasteiger partial charge in [0.25, 0.3) is 0 Å². The fourth-order valence-electron chi connectivity index (χ4n) is 1.93. The highest BCUT2D eigenvalue weighted by molar-refractivity contribution is 5.87. The van der Waals surface area contributed by atoms with Gasteiger partial charge in [-0.25, -0.2) is 4.79 Å². The third-order valence-corrected chi connectivity index (χ3v) is 3.04. The molecule has 0 fully saturated rings. The van der Waals surface area contributed by atoms with E-state index in [4.69, 9.17) is 4.74 Å². The van der Waals surface area contributed by atoms with E-state index in [0.29, 0.717) is 5.92 Å². The second kappa shape index (κ2) is 7.28. The Kier molecular flexibility index (Phi) is 6.00. The topological polar surface area (TPSA) is 26.3 Å². The SMILES string of the molecule is CC(C)C(CC(C)(C)C)OC(=O)/C=C/c1ccccc1. The molecular weight excluding hydrogens is 248 g/mol. The highest BCUT2D eigenvalue weighted by atomic mass is 16.5. The molecule has 0 saturated carbocycles. The number of benzene rings is 1. The van der Waals surface area contributed by atoms with Crippen LogP contribution in [0, 0.1) is 11.3 Å². The molecule has 0 heterocycles. The average molecular weight is 274 g/mol. The Hall–Kier alpha value is -1.57. The zero-order valence-corrected chi connectivity index (χ0v) is 13.2. The number of rotatable bonds is 5. The van der Waals surface area contributed by atoms with Gasteiger partial charge < -0.3 is 4.74 Å².